The van der Waals surface area contributed by atoms with Crippen molar-refractivity contribution in [1.82, 2.24) is 14.9 Å². The van der Waals surface area contributed by atoms with Gasteiger partial charge in [-0.05, 0) is 24.4 Å². The quantitative estimate of drug-likeness (QED) is 0.469. The van der Waals surface area contributed by atoms with Gasteiger partial charge in [0.1, 0.15) is 6.20 Å². The predicted molar refractivity (Wildman–Crippen MR) is 72.8 cm³/mol. The number of likely N-dealkylation sites (N-methyl/N-ethyl adjacent to an activating group) is 1. The molecule has 0 unspecified atom stereocenters. The molecule has 2 heterocycles. The number of aromatic nitrogens is 2. The van der Waals surface area contributed by atoms with Gasteiger partial charge in [-0.2, -0.15) is 4.98 Å². The van der Waals surface area contributed by atoms with Crippen molar-refractivity contribution in [2.24, 2.45) is 0 Å². The molecule has 0 aromatic carbocycles. The maximum atomic E-state index is 12.0. The minimum atomic E-state index is -0.595. The Balaban J connectivity index is 2.15. The normalized spacial score (nSPS) is 14.4. The van der Waals surface area contributed by atoms with Crippen molar-refractivity contribution < 1.29 is 9.72 Å². The molecule has 0 radical (unpaired) electrons. The van der Waals surface area contributed by atoms with Crippen LogP contribution in [0.25, 0.3) is 0 Å². The van der Waals surface area contributed by atoms with Crippen LogP contribution < -0.4 is 4.90 Å². The zero-order valence-corrected chi connectivity index (χ0v) is 11.7. The lowest BCUT2D eigenvalue weighted by Gasteiger charge is -2.21. The Labute approximate surface area is 120 Å². The summed E-state index contributed by atoms with van der Waals surface area (Å²) in [4.78, 5) is 33.0. The molecule has 0 bridgehead atoms. The Morgan fingerprint density at radius 3 is 2.80 bits per heavy atom. The highest BCUT2D eigenvalue weighted by Gasteiger charge is 2.24. The van der Waals surface area contributed by atoms with Gasteiger partial charge >= 0.3 is 5.69 Å². The fraction of sp³-hybridized carbons (Fsp3) is 0.545. The first-order valence-corrected chi connectivity index (χ1v) is 6.52. The number of hydrogen-bond donors (Lipinski definition) is 0. The first-order valence-electron chi connectivity index (χ1n) is 6.15. The molecule has 1 aliphatic heterocycles. The van der Waals surface area contributed by atoms with E-state index in [1.54, 1.807) is 11.9 Å². The Kier molecular flexibility index (Phi) is 4.33. The first-order chi connectivity index (χ1) is 9.49. The van der Waals surface area contributed by atoms with Crippen molar-refractivity contribution >= 4 is 29.0 Å². The molecule has 1 saturated heterocycles. The van der Waals surface area contributed by atoms with Crippen molar-refractivity contribution in [3.8, 4) is 0 Å². The maximum Gasteiger partial charge on any atom is 0.329 e. The van der Waals surface area contributed by atoms with Gasteiger partial charge in [0.25, 0.3) is 0 Å². The van der Waals surface area contributed by atoms with E-state index in [2.05, 4.69) is 9.97 Å². The zero-order valence-electron chi connectivity index (χ0n) is 11.0. The van der Waals surface area contributed by atoms with Crippen LogP contribution >= 0.6 is 11.6 Å². The third kappa shape index (κ3) is 3.13. The second kappa shape index (κ2) is 6.00. The third-order valence-corrected chi connectivity index (χ3v) is 3.29. The van der Waals surface area contributed by atoms with E-state index in [0.29, 0.717) is 0 Å². The van der Waals surface area contributed by atoms with E-state index in [9.17, 15) is 14.9 Å². The molecule has 1 aromatic rings. The average Bonchev–Trinajstić information content (AvgIpc) is 2.92. The van der Waals surface area contributed by atoms with Crippen molar-refractivity contribution in [3.05, 3.63) is 21.6 Å². The molecule has 1 fully saturated rings. The van der Waals surface area contributed by atoms with Crippen LogP contribution in [0.5, 0.6) is 0 Å². The average molecular weight is 300 g/mol. The van der Waals surface area contributed by atoms with Gasteiger partial charge in [0.15, 0.2) is 0 Å². The number of hydrogen-bond acceptors (Lipinski definition) is 6. The van der Waals surface area contributed by atoms with Crippen LogP contribution in [-0.2, 0) is 4.79 Å². The number of carbonyl (C=O) groups is 1. The van der Waals surface area contributed by atoms with Crippen LogP contribution in [0.2, 0.25) is 5.28 Å². The lowest BCUT2D eigenvalue weighted by molar-refractivity contribution is -0.384. The Morgan fingerprint density at radius 1 is 1.55 bits per heavy atom. The number of likely N-dealkylation sites (tertiary alicyclic amines) is 1. The van der Waals surface area contributed by atoms with Crippen LogP contribution in [0, 0.1) is 10.1 Å². The molecule has 8 nitrogen and oxygen atoms in total. The van der Waals surface area contributed by atoms with E-state index in [1.807, 2.05) is 0 Å². The summed E-state index contributed by atoms with van der Waals surface area (Å²) >= 11 is 5.66. The van der Waals surface area contributed by atoms with Gasteiger partial charge in [-0.15, -0.1) is 0 Å². The van der Waals surface area contributed by atoms with Crippen molar-refractivity contribution in [1.29, 1.82) is 0 Å². The topological polar surface area (TPSA) is 92.5 Å². The lowest BCUT2D eigenvalue weighted by atomic mass is 10.4. The molecule has 0 saturated carbocycles. The van der Waals surface area contributed by atoms with Gasteiger partial charge in [-0.1, -0.05) is 0 Å². The highest BCUT2D eigenvalue weighted by Crippen LogP contribution is 2.25. The summed E-state index contributed by atoms with van der Waals surface area (Å²) in [5.74, 6) is -0.0309. The van der Waals surface area contributed by atoms with Gasteiger partial charge < -0.3 is 9.80 Å². The molecule has 1 amide bonds. The fourth-order valence-corrected chi connectivity index (χ4v) is 2.23. The molecule has 1 aromatic heterocycles. The number of anilines is 1. The Morgan fingerprint density at radius 2 is 2.20 bits per heavy atom. The zero-order chi connectivity index (χ0) is 14.7. The van der Waals surface area contributed by atoms with Gasteiger partial charge in [0.2, 0.25) is 17.0 Å². The highest BCUT2D eigenvalue weighted by atomic mass is 35.5. The molecule has 0 N–H and O–H groups in total. The van der Waals surface area contributed by atoms with Crippen LogP contribution in [-0.4, -0.2) is 52.4 Å². The van der Waals surface area contributed by atoms with Crippen LogP contribution in [0.4, 0.5) is 11.5 Å². The smallest absolute Gasteiger partial charge is 0.329 e. The summed E-state index contributed by atoms with van der Waals surface area (Å²) in [6.45, 7) is 1.49. The number of halogens is 1. The van der Waals surface area contributed by atoms with Crippen LogP contribution in [0.1, 0.15) is 12.8 Å². The van der Waals surface area contributed by atoms with Gasteiger partial charge in [-0.3, -0.25) is 14.9 Å². The van der Waals surface area contributed by atoms with E-state index in [0.717, 1.165) is 32.1 Å². The largest absolute Gasteiger partial charge is 0.345 e. The molecule has 0 atom stereocenters. The summed E-state index contributed by atoms with van der Waals surface area (Å²) in [6, 6.07) is 0. The van der Waals surface area contributed by atoms with Crippen LogP contribution in [0.15, 0.2) is 6.20 Å². The van der Waals surface area contributed by atoms with Gasteiger partial charge in [0.05, 0.1) is 11.5 Å². The molecule has 0 aliphatic carbocycles. The Hall–Kier alpha value is -1.96. The standard InChI is InChI=1S/C11H14ClN5O3/c1-15(7-9(18)16-4-2-3-5-16)10-8(17(19)20)6-13-11(12)14-10/h6H,2-5,7H2,1H3. The highest BCUT2D eigenvalue weighted by molar-refractivity contribution is 6.28. The Bertz CT molecular complexity index is 533. The van der Waals surface area contributed by atoms with Crippen molar-refractivity contribution in [2.45, 2.75) is 12.8 Å². The van der Waals surface area contributed by atoms with Crippen molar-refractivity contribution in [3.63, 3.8) is 0 Å². The van der Waals surface area contributed by atoms with E-state index in [4.69, 9.17) is 11.6 Å². The van der Waals surface area contributed by atoms with Crippen molar-refractivity contribution in [2.75, 3.05) is 31.6 Å². The van der Waals surface area contributed by atoms with E-state index in [1.165, 1.54) is 4.90 Å². The van der Waals surface area contributed by atoms with E-state index < -0.39 is 4.92 Å². The lowest BCUT2D eigenvalue weighted by Crippen LogP contribution is -2.37. The summed E-state index contributed by atoms with van der Waals surface area (Å²) in [5.41, 5.74) is -0.272. The summed E-state index contributed by atoms with van der Waals surface area (Å²) in [5, 5.41) is 10.8. The summed E-state index contributed by atoms with van der Waals surface area (Å²) < 4.78 is 0. The maximum absolute atomic E-state index is 12.0. The summed E-state index contributed by atoms with van der Waals surface area (Å²) in [6.07, 6.45) is 3.03. The second-order valence-electron chi connectivity index (χ2n) is 4.55. The minimum absolute atomic E-state index is 0.0220. The minimum Gasteiger partial charge on any atom is -0.345 e. The fourth-order valence-electron chi connectivity index (χ4n) is 2.10. The molecule has 108 valence electrons. The van der Waals surface area contributed by atoms with Gasteiger partial charge in [0, 0.05) is 20.1 Å². The molecule has 1 aliphatic rings. The summed E-state index contributed by atoms with van der Waals surface area (Å²) in [7, 11) is 1.57. The molecule has 0 spiro atoms. The monoisotopic (exact) mass is 299 g/mol. The van der Waals surface area contributed by atoms with E-state index in [-0.39, 0.29) is 29.2 Å². The number of amides is 1. The molecular weight excluding hydrogens is 286 g/mol. The molecule has 2 rings (SSSR count). The van der Waals surface area contributed by atoms with Crippen LogP contribution in [0.3, 0.4) is 0 Å². The van der Waals surface area contributed by atoms with Gasteiger partial charge in [-0.25, -0.2) is 4.98 Å². The van der Waals surface area contributed by atoms with E-state index >= 15 is 0 Å². The number of nitro groups is 1. The number of rotatable bonds is 4. The molecule has 9 heteroatoms. The number of nitrogens with zero attached hydrogens (tertiary/aromatic N) is 5. The third-order valence-electron chi connectivity index (χ3n) is 3.11. The molecular formula is C11H14ClN5O3. The molecule has 20 heavy (non-hydrogen) atoms. The number of carbonyl (C=O) groups excluding carboxylic acids is 1. The predicted octanol–water partition coefficient (Wildman–Crippen LogP) is 1.10. The first kappa shape index (κ1) is 14.4. The SMILES string of the molecule is CN(CC(=O)N1CCCC1)c1nc(Cl)ncc1[N+](=O)[O-]. The second-order valence-corrected chi connectivity index (χ2v) is 4.89.